The molecule has 0 saturated carbocycles. The molecule has 1 aromatic heterocycles. The first-order valence-corrected chi connectivity index (χ1v) is 8.22. The molecule has 0 saturated heterocycles. The summed E-state index contributed by atoms with van der Waals surface area (Å²) in [6.45, 7) is 8.44. The molecule has 1 atom stereocenters. The van der Waals surface area contributed by atoms with Crippen LogP contribution in [0.15, 0.2) is 21.9 Å². The van der Waals surface area contributed by atoms with Crippen molar-refractivity contribution in [3.8, 4) is 0 Å². The Bertz CT molecular complexity index is 552. The van der Waals surface area contributed by atoms with Crippen molar-refractivity contribution >= 4 is 23.1 Å². The largest absolute Gasteiger partial charge is 0.323 e. The molecule has 2 rings (SSSR count). The van der Waals surface area contributed by atoms with Crippen LogP contribution in [0.1, 0.15) is 34.0 Å². The van der Waals surface area contributed by atoms with Crippen LogP contribution in [0.4, 0.5) is 0 Å². The second-order valence-corrected chi connectivity index (χ2v) is 7.11. The zero-order chi connectivity index (χ0) is 14.0. The van der Waals surface area contributed by atoms with Crippen LogP contribution in [-0.2, 0) is 0 Å². The standard InChI is InChI=1S/C15H20N2S2/c1-9-5-10(2)14(11(3)6-9)13(16)8-19-15-17-12(4)7-18-15/h5-7,13H,8,16H2,1-4H3. The van der Waals surface area contributed by atoms with Gasteiger partial charge in [-0.1, -0.05) is 29.5 Å². The van der Waals surface area contributed by atoms with E-state index in [-0.39, 0.29) is 6.04 Å². The minimum absolute atomic E-state index is 0.0646. The Morgan fingerprint density at radius 1 is 1.21 bits per heavy atom. The second-order valence-electron chi connectivity index (χ2n) is 4.98. The molecule has 0 fully saturated rings. The maximum Gasteiger partial charge on any atom is 0.150 e. The van der Waals surface area contributed by atoms with Crippen LogP contribution < -0.4 is 5.73 Å². The zero-order valence-corrected chi connectivity index (χ0v) is 13.5. The molecule has 0 aliphatic heterocycles. The highest BCUT2D eigenvalue weighted by atomic mass is 32.2. The highest BCUT2D eigenvalue weighted by Crippen LogP contribution is 2.29. The normalized spacial score (nSPS) is 12.7. The van der Waals surface area contributed by atoms with Gasteiger partial charge in [-0.15, -0.1) is 11.3 Å². The number of aryl methyl sites for hydroxylation is 4. The Morgan fingerprint density at radius 3 is 2.37 bits per heavy atom. The molecule has 2 aromatic rings. The van der Waals surface area contributed by atoms with Gasteiger partial charge in [0.25, 0.3) is 0 Å². The molecule has 0 aliphatic carbocycles. The van der Waals surface area contributed by atoms with E-state index in [9.17, 15) is 0 Å². The third-order valence-electron chi connectivity index (χ3n) is 3.09. The van der Waals surface area contributed by atoms with E-state index in [0.717, 1.165) is 15.8 Å². The molecule has 102 valence electrons. The monoisotopic (exact) mass is 292 g/mol. The molecule has 1 aromatic carbocycles. The van der Waals surface area contributed by atoms with Crippen LogP contribution in [0.2, 0.25) is 0 Å². The van der Waals surface area contributed by atoms with Gasteiger partial charge in [-0.3, -0.25) is 0 Å². The predicted octanol–water partition coefficient (Wildman–Crippen LogP) is 4.17. The van der Waals surface area contributed by atoms with Crippen LogP contribution in [-0.4, -0.2) is 10.7 Å². The molecule has 1 heterocycles. The number of rotatable bonds is 4. The first kappa shape index (κ1) is 14.6. The fraction of sp³-hybridized carbons (Fsp3) is 0.400. The maximum atomic E-state index is 6.36. The third-order valence-corrected chi connectivity index (χ3v) is 5.35. The van der Waals surface area contributed by atoms with Crippen molar-refractivity contribution in [3.63, 3.8) is 0 Å². The maximum absolute atomic E-state index is 6.36. The summed E-state index contributed by atoms with van der Waals surface area (Å²) in [6.07, 6.45) is 0. The summed E-state index contributed by atoms with van der Waals surface area (Å²) >= 11 is 3.44. The Labute approximate surface area is 123 Å². The second kappa shape index (κ2) is 6.07. The third kappa shape index (κ3) is 3.59. The summed E-state index contributed by atoms with van der Waals surface area (Å²) < 4.78 is 1.11. The topological polar surface area (TPSA) is 38.9 Å². The van der Waals surface area contributed by atoms with Gasteiger partial charge >= 0.3 is 0 Å². The summed E-state index contributed by atoms with van der Waals surface area (Å²) in [4.78, 5) is 4.46. The minimum atomic E-state index is 0.0646. The first-order valence-electron chi connectivity index (χ1n) is 6.35. The van der Waals surface area contributed by atoms with E-state index in [1.165, 1.54) is 22.3 Å². The highest BCUT2D eigenvalue weighted by Gasteiger charge is 2.13. The van der Waals surface area contributed by atoms with Gasteiger partial charge in [-0.25, -0.2) is 4.98 Å². The molecule has 0 aliphatic rings. The van der Waals surface area contributed by atoms with Gasteiger partial charge in [-0.05, 0) is 44.4 Å². The molecule has 4 heteroatoms. The van der Waals surface area contributed by atoms with Crippen molar-refractivity contribution in [1.82, 2.24) is 4.98 Å². The van der Waals surface area contributed by atoms with Gasteiger partial charge in [0.15, 0.2) is 0 Å². The average molecular weight is 292 g/mol. The van der Waals surface area contributed by atoms with Crippen LogP contribution in [0, 0.1) is 27.7 Å². The molecule has 0 amide bonds. The number of thioether (sulfide) groups is 1. The van der Waals surface area contributed by atoms with E-state index < -0.39 is 0 Å². The number of hydrogen-bond acceptors (Lipinski definition) is 4. The number of thiazole rings is 1. The van der Waals surface area contributed by atoms with E-state index in [1.54, 1.807) is 23.1 Å². The minimum Gasteiger partial charge on any atom is -0.323 e. The van der Waals surface area contributed by atoms with E-state index >= 15 is 0 Å². The van der Waals surface area contributed by atoms with Gasteiger partial charge in [0.05, 0.1) is 0 Å². The summed E-state index contributed by atoms with van der Waals surface area (Å²) in [7, 11) is 0. The highest BCUT2D eigenvalue weighted by molar-refractivity contribution is 8.01. The average Bonchev–Trinajstić information content (AvgIpc) is 2.71. The number of hydrogen-bond donors (Lipinski definition) is 1. The SMILES string of the molecule is Cc1cc(C)c(C(N)CSc2nc(C)cs2)c(C)c1. The number of nitrogens with two attached hydrogens (primary N) is 1. The van der Waals surface area contributed by atoms with Gasteiger partial charge in [0, 0.05) is 22.9 Å². The van der Waals surface area contributed by atoms with E-state index in [1.807, 2.05) is 6.92 Å². The lowest BCUT2D eigenvalue weighted by Crippen LogP contribution is -2.16. The fourth-order valence-electron chi connectivity index (χ4n) is 2.42. The number of nitrogens with zero attached hydrogens (tertiary/aromatic N) is 1. The van der Waals surface area contributed by atoms with Crippen molar-refractivity contribution in [3.05, 3.63) is 45.5 Å². The Kier molecular flexibility index (Phi) is 4.66. The molecular weight excluding hydrogens is 272 g/mol. The lowest BCUT2D eigenvalue weighted by atomic mass is 9.95. The molecule has 19 heavy (non-hydrogen) atoms. The van der Waals surface area contributed by atoms with E-state index in [4.69, 9.17) is 5.73 Å². The van der Waals surface area contributed by atoms with Crippen LogP contribution in [0.25, 0.3) is 0 Å². The number of benzene rings is 1. The van der Waals surface area contributed by atoms with Crippen molar-refractivity contribution < 1.29 is 0 Å². The molecule has 2 N–H and O–H groups in total. The Balaban J connectivity index is 2.10. The molecule has 0 spiro atoms. The number of aromatic nitrogens is 1. The fourth-order valence-corrected chi connectivity index (χ4v) is 4.26. The molecular formula is C15H20N2S2. The summed E-state index contributed by atoms with van der Waals surface area (Å²) in [5, 5.41) is 2.08. The summed E-state index contributed by atoms with van der Waals surface area (Å²) in [6, 6.07) is 4.48. The van der Waals surface area contributed by atoms with E-state index in [0.29, 0.717) is 0 Å². The predicted molar refractivity (Wildman–Crippen MR) is 85.2 cm³/mol. The van der Waals surface area contributed by atoms with Crippen molar-refractivity contribution in [1.29, 1.82) is 0 Å². The van der Waals surface area contributed by atoms with E-state index in [2.05, 4.69) is 43.3 Å². The van der Waals surface area contributed by atoms with Gasteiger partial charge in [0.1, 0.15) is 4.34 Å². The first-order chi connectivity index (χ1) is 8.97. The van der Waals surface area contributed by atoms with Gasteiger partial charge < -0.3 is 5.73 Å². The lowest BCUT2D eigenvalue weighted by Gasteiger charge is -2.17. The molecule has 2 nitrogen and oxygen atoms in total. The molecule has 0 radical (unpaired) electrons. The molecule has 1 unspecified atom stereocenters. The lowest BCUT2D eigenvalue weighted by molar-refractivity contribution is 0.812. The van der Waals surface area contributed by atoms with Gasteiger partial charge in [-0.2, -0.15) is 0 Å². The smallest absolute Gasteiger partial charge is 0.150 e. The van der Waals surface area contributed by atoms with Crippen LogP contribution >= 0.6 is 23.1 Å². The van der Waals surface area contributed by atoms with Crippen molar-refractivity contribution in [2.45, 2.75) is 38.1 Å². The molecule has 0 bridgehead atoms. The van der Waals surface area contributed by atoms with Crippen LogP contribution in [0.3, 0.4) is 0 Å². The van der Waals surface area contributed by atoms with Crippen molar-refractivity contribution in [2.24, 2.45) is 5.73 Å². The zero-order valence-electron chi connectivity index (χ0n) is 11.9. The summed E-state index contributed by atoms with van der Waals surface area (Å²) in [5.74, 6) is 0.873. The van der Waals surface area contributed by atoms with Crippen LogP contribution in [0.5, 0.6) is 0 Å². The Hall–Kier alpha value is -0.840. The van der Waals surface area contributed by atoms with Gasteiger partial charge in [0.2, 0.25) is 0 Å². The van der Waals surface area contributed by atoms with Crippen molar-refractivity contribution in [2.75, 3.05) is 5.75 Å². The Morgan fingerprint density at radius 2 is 1.84 bits per heavy atom. The quantitative estimate of drug-likeness (QED) is 0.860. The summed E-state index contributed by atoms with van der Waals surface area (Å²) in [5.41, 5.74) is 12.6.